The van der Waals surface area contributed by atoms with Gasteiger partial charge in [-0.25, -0.2) is 4.98 Å². The molecule has 8 heteroatoms. The van der Waals surface area contributed by atoms with Crippen molar-refractivity contribution in [3.63, 3.8) is 0 Å². The van der Waals surface area contributed by atoms with Crippen LogP contribution in [-0.4, -0.2) is 55.2 Å². The van der Waals surface area contributed by atoms with Gasteiger partial charge in [-0.3, -0.25) is 9.59 Å². The highest BCUT2D eigenvalue weighted by Crippen LogP contribution is 2.11. The molecular weight excluding hydrogens is 282 g/mol. The van der Waals surface area contributed by atoms with E-state index in [1.807, 2.05) is 0 Å². The summed E-state index contributed by atoms with van der Waals surface area (Å²) in [6, 6.07) is 0. The Balaban J connectivity index is 2.74. The van der Waals surface area contributed by atoms with E-state index in [0.29, 0.717) is 18.2 Å². The molecule has 7 nitrogen and oxygen atoms in total. The predicted octanol–water partition coefficient (Wildman–Crippen LogP) is 0.254. The summed E-state index contributed by atoms with van der Waals surface area (Å²) in [7, 11) is 1.53. The van der Waals surface area contributed by atoms with Gasteiger partial charge < -0.3 is 20.1 Å². The van der Waals surface area contributed by atoms with E-state index in [9.17, 15) is 9.59 Å². The maximum absolute atomic E-state index is 12.3. The number of carbonyl (C=O) groups is 2. The van der Waals surface area contributed by atoms with Crippen LogP contribution in [0, 0.1) is 0 Å². The van der Waals surface area contributed by atoms with Crippen molar-refractivity contribution < 1.29 is 19.1 Å². The van der Waals surface area contributed by atoms with E-state index in [1.54, 1.807) is 12.3 Å². The first-order chi connectivity index (χ1) is 9.62. The number of esters is 1. The number of carbonyl (C=O) groups excluding carboxylic acids is 2. The molecule has 0 saturated carbocycles. The van der Waals surface area contributed by atoms with Gasteiger partial charge in [0.05, 0.1) is 13.2 Å². The fourth-order valence-electron chi connectivity index (χ4n) is 1.48. The summed E-state index contributed by atoms with van der Waals surface area (Å²) >= 11 is 1.32. The number of rotatable bonds is 8. The van der Waals surface area contributed by atoms with Gasteiger partial charge in [-0.05, 0) is 6.92 Å². The lowest BCUT2D eigenvalue weighted by Crippen LogP contribution is -2.38. The van der Waals surface area contributed by atoms with Gasteiger partial charge in [0.1, 0.15) is 17.2 Å². The van der Waals surface area contributed by atoms with Crippen molar-refractivity contribution in [1.29, 1.82) is 0 Å². The lowest BCUT2D eigenvalue weighted by molar-refractivity contribution is -0.143. The van der Waals surface area contributed by atoms with Gasteiger partial charge in [0.15, 0.2) is 0 Å². The fraction of sp³-hybridized carbons (Fsp3) is 0.583. The topological polar surface area (TPSA) is 94.8 Å². The monoisotopic (exact) mass is 301 g/mol. The Morgan fingerprint density at radius 1 is 1.50 bits per heavy atom. The van der Waals surface area contributed by atoms with Crippen LogP contribution < -0.4 is 5.73 Å². The lowest BCUT2D eigenvalue weighted by Gasteiger charge is -2.20. The standard InChI is InChI=1S/C12H19N3O4S/c1-3-19-11(16)7-15(4-5-18-2)12(17)9-8-20-10(6-13)14-9/h8H,3-7,13H2,1-2H3. The number of hydrogen-bond donors (Lipinski definition) is 1. The van der Waals surface area contributed by atoms with Crippen molar-refractivity contribution in [1.82, 2.24) is 9.88 Å². The van der Waals surface area contributed by atoms with E-state index in [1.165, 1.54) is 23.3 Å². The van der Waals surface area contributed by atoms with E-state index < -0.39 is 5.97 Å². The van der Waals surface area contributed by atoms with Gasteiger partial charge in [0, 0.05) is 25.6 Å². The molecule has 0 fully saturated rings. The highest BCUT2D eigenvalue weighted by molar-refractivity contribution is 7.09. The molecule has 1 aromatic rings. The minimum atomic E-state index is -0.453. The molecular formula is C12H19N3O4S. The minimum absolute atomic E-state index is 0.120. The average molecular weight is 301 g/mol. The van der Waals surface area contributed by atoms with Crippen LogP contribution in [-0.2, 0) is 20.8 Å². The Morgan fingerprint density at radius 2 is 2.25 bits per heavy atom. The second kappa shape index (κ2) is 8.62. The normalized spacial score (nSPS) is 10.3. The smallest absolute Gasteiger partial charge is 0.325 e. The zero-order valence-electron chi connectivity index (χ0n) is 11.6. The first-order valence-corrected chi connectivity index (χ1v) is 7.08. The van der Waals surface area contributed by atoms with Crippen molar-refractivity contribution in [3.05, 3.63) is 16.1 Å². The van der Waals surface area contributed by atoms with Gasteiger partial charge in [0.25, 0.3) is 5.91 Å². The molecule has 0 bridgehead atoms. The number of aromatic nitrogens is 1. The third-order valence-electron chi connectivity index (χ3n) is 2.42. The summed E-state index contributed by atoms with van der Waals surface area (Å²) in [4.78, 5) is 29.3. The van der Waals surface area contributed by atoms with Crippen LogP contribution in [0.15, 0.2) is 5.38 Å². The molecule has 0 saturated heterocycles. The van der Waals surface area contributed by atoms with Crippen LogP contribution in [0.25, 0.3) is 0 Å². The van der Waals surface area contributed by atoms with Gasteiger partial charge in [-0.2, -0.15) is 0 Å². The molecule has 0 aliphatic heterocycles. The SMILES string of the molecule is CCOC(=O)CN(CCOC)C(=O)c1csc(CN)n1. The first kappa shape index (κ1) is 16.5. The van der Waals surface area contributed by atoms with Crippen LogP contribution in [0.5, 0.6) is 0 Å². The molecule has 0 aromatic carbocycles. The summed E-state index contributed by atoms with van der Waals surface area (Å²) in [5, 5.41) is 2.31. The highest BCUT2D eigenvalue weighted by atomic mass is 32.1. The van der Waals surface area contributed by atoms with Crippen LogP contribution >= 0.6 is 11.3 Å². The van der Waals surface area contributed by atoms with Gasteiger partial charge in [-0.15, -0.1) is 11.3 Å². The maximum Gasteiger partial charge on any atom is 0.325 e. The van der Waals surface area contributed by atoms with Crippen molar-refractivity contribution in [2.24, 2.45) is 5.73 Å². The summed E-state index contributed by atoms with van der Waals surface area (Å²) in [6.07, 6.45) is 0. The molecule has 1 heterocycles. The molecule has 20 heavy (non-hydrogen) atoms. The number of nitrogens with zero attached hydrogens (tertiary/aromatic N) is 2. The molecule has 1 aromatic heterocycles. The number of nitrogens with two attached hydrogens (primary N) is 1. The van der Waals surface area contributed by atoms with Gasteiger partial charge >= 0.3 is 5.97 Å². The van der Waals surface area contributed by atoms with E-state index >= 15 is 0 Å². The van der Waals surface area contributed by atoms with Crippen LogP contribution in [0.1, 0.15) is 22.4 Å². The molecule has 0 radical (unpaired) electrons. The first-order valence-electron chi connectivity index (χ1n) is 6.20. The Labute approximate surface area is 121 Å². The van der Waals surface area contributed by atoms with E-state index in [-0.39, 0.29) is 31.3 Å². The molecule has 0 unspecified atom stereocenters. The number of methoxy groups -OCH3 is 1. The predicted molar refractivity (Wildman–Crippen MR) is 74.4 cm³/mol. The molecule has 1 rings (SSSR count). The summed E-state index contributed by atoms with van der Waals surface area (Å²) in [5.74, 6) is -0.780. The highest BCUT2D eigenvalue weighted by Gasteiger charge is 2.21. The second-order valence-electron chi connectivity index (χ2n) is 3.86. The van der Waals surface area contributed by atoms with Crippen molar-refractivity contribution in [2.45, 2.75) is 13.5 Å². The third-order valence-corrected chi connectivity index (χ3v) is 3.29. The van der Waals surface area contributed by atoms with Crippen LogP contribution in [0.4, 0.5) is 0 Å². The van der Waals surface area contributed by atoms with Crippen molar-refractivity contribution in [2.75, 3.05) is 33.4 Å². The zero-order valence-corrected chi connectivity index (χ0v) is 12.4. The number of hydrogen-bond acceptors (Lipinski definition) is 7. The summed E-state index contributed by atoms with van der Waals surface area (Å²) < 4.78 is 9.80. The quantitative estimate of drug-likeness (QED) is 0.692. The Morgan fingerprint density at radius 3 is 2.80 bits per heavy atom. The van der Waals surface area contributed by atoms with E-state index in [0.717, 1.165) is 0 Å². The molecule has 0 spiro atoms. The van der Waals surface area contributed by atoms with Gasteiger partial charge in [0.2, 0.25) is 0 Å². The summed E-state index contributed by atoms with van der Waals surface area (Å²) in [6.45, 7) is 2.79. The molecule has 0 atom stereocenters. The molecule has 1 amide bonds. The van der Waals surface area contributed by atoms with Crippen LogP contribution in [0.3, 0.4) is 0 Å². The number of ether oxygens (including phenoxy) is 2. The van der Waals surface area contributed by atoms with E-state index in [2.05, 4.69) is 4.98 Å². The Hall–Kier alpha value is -1.51. The van der Waals surface area contributed by atoms with Gasteiger partial charge in [-0.1, -0.05) is 0 Å². The number of thiazole rings is 1. The van der Waals surface area contributed by atoms with Crippen molar-refractivity contribution >= 4 is 23.2 Å². The second-order valence-corrected chi connectivity index (χ2v) is 4.80. The lowest BCUT2D eigenvalue weighted by atomic mass is 10.3. The summed E-state index contributed by atoms with van der Waals surface area (Å²) in [5.41, 5.74) is 5.76. The molecule has 112 valence electrons. The molecule has 0 aliphatic carbocycles. The zero-order chi connectivity index (χ0) is 15.0. The number of amides is 1. The molecule has 0 aliphatic rings. The Kier molecular flexibility index (Phi) is 7.13. The third kappa shape index (κ3) is 4.87. The van der Waals surface area contributed by atoms with Crippen LogP contribution in [0.2, 0.25) is 0 Å². The maximum atomic E-state index is 12.3. The Bertz CT molecular complexity index is 450. The fourth-order valence-corrected chi connectivity index (χ4v) is 2.13. The molecule has 2 N–H and O–H groups in total. The van der Waals surface area contributed by atoms with E-state index in [4.69, 9.17) is 15.2 Å². The minimum Gasteiger partial charge on any atom is -0.465 e. The largest absolute Gasteiger partial charge is 0.465 e. The van der Waals surface area contributed by atoms with Crippen molar-refractivity contribution in [3.8, 4) is 0 Å². The average Bonchev–Trinajstić information content (AvgIpc) is 2.91.